The van der Waals surface area contributed by atoms with E-state index in [1.807, 2.05) is 0 Å². The zero-order valence-electron chi connectivity index (χ0n) is 9.73. The van der Waals surface area contributed by atoms with Gasteiger partial charge in [-0.2, -0.15) is 0 Å². The number of carbonyl (C=O) groups is 2. The molecule has 0 atom stereocenters. The van der Waals surface area contributed by atoms with Crippen LogP contribution in [0.5, 0.6) is 5.75 Å². The molecule has 0 aliphatic heterocycles. The molecule has 0 aliphatic carbocycles. The second-order valence-electron chi connectivity index (χ2n) is 3.33. The third-order valence-corrected chi connectivity index (χ3v) is 2.11. The summed E-state index contributed by atoms with van der Waals surface area (Å²) >= 11 is 0. The van der Waals surface area contributed by atoms with E-state index in [1.54, 1.807) is 19.1 Å². The predicted molar refractivity (Wildman–Crippen MR) is 60.3 cm³/mol. The van der Waals surface area contributed by atoms with Gasteiger partial charge in [0.15, 0.2) is 0 Å². The molecule has 0 heterocycles. The highest BCUT2D eigenvalue weighted by atomic mass is 16.5. The van der Waals surface area contributed by atoms with Crippen molar-refractivity contribution >= 4 is 11.9 Å². The first-order valence-electron chi connectivity index (χ1n) is 5.14. The maximum Gasteiger partial charge on any atom is 0.341 e. The van der Waals surface area contributed by atoms with Crippen molar-refractivity contribution < 1.29 is 24.2 Å². The summed E-state index contributed by atoms with van der Waals surface area (Å²) in [4.78, 5) is 22.0. The maximum atomic E-state index is 11.4. The number of carboxylic acid groups (broad SMARTS) is 1. The third kappa shape index (κ3) is 3.48. The van der Waals surface area contributed by atoms with Crippen LogP contribution in [0, 0.1) is 0 Å². The Morgan fingerprint density at radius 2 is 2.06 bits per heavy atom. The summed E-state index contributed by atoms with van der Waals surface area (Å²) in [5.41, 5.74) is 0.872. The van der Waals surface area contributed by atoms with Gasteiger partial charge in [-0.3, -0.25) is 4.79 Å². The van der Waals surface area contributed by atoms with Crippen LogP contribution < -0.4 is 4.74 Å². The molecule has 92 valence electrons. The molecule has 0 saturated carbocycles. The summed E-state index contributed by atoms with van der Waals surface area (Å²) in [6.07, 6.45) is -0.110. The molecule has 0 fully saturated rings. The van der Waals surface area contributed by atoms with Gasteiger partial charge in [0.25, 0.3) is 0 Å². The van der Waals surface area contributed by atoms with Crippen LogP contribution in [0.1, 0.15) is 22.8 Å². The first-order valence-corrected chi connectivity index (χ1v) is 5.14. The van der Waals surface area contributed by atoms with Gasteiger partial charge in [-0.05, 0) is 24.6 Å². The van der Waals surface area contributed by atoms with E-state index in [0.717, 1.165) is 0 Å². The lowest BCUT2D eigenvalue weighted by Gasteiger charge is -2.10. The molecule has 1 aromatic rings. The number of methoxy groups -OCH3 is 1. The highest BCUT2D eigenvalue weighted by Gasteiger charge is 2.14. The van der Waals surface area contributed by atoms with Gasteiger partial charge >= 0.3 is 11.9 Å². The van der Waals surface area contributed by atoms with Gasteiger partial charge in [-0.1, -0.05) is 6.07 Å². The van der Waals surface area contributed by atoms with Crippen molar-refractivity contribution in [3.63, 3.8) is 0 Å². The first kappa shape index (κ1) is 13.0. The van der Waals surface area contributed by atoms with E-state index in [4.69, 9.17) is 9.84 Å². The minimum Gasteiger partial charge on any atom is -0.493 e. The van der Waals surface area contributed by atoms with Crippen LogP contribution in [0.25, 0.3) is 0 Å². The Hall–Kier alpha value is -2.04. The molecule has 0 saturated heterocycles. The number of aliphatic carboxylic acids is 1. The highest BCUT2D eigenvalue weighted by Crippen LogP contribution is 2.21. The minimum absolute atomic E-state index is 0.110. The Balaban J connectivity index is 3.07. The number of benzene rings is 1. The fraction of sp³-hybridized carbons (Fsp3) is 0.333. The van der Waals surface area contributed by atoms with E-state index in [1.165, 1.54) is 13.2 Å². The molecule has 0 unspecified atom stereocenters. The number of esters is 1. The average molecular weight is 238 g/mol. The minimum atomic E-state index is -0.932. The van der Waals surface area contributed by atoms with Gasteiger partial charge in [-0.25, -0.2) is 4.79 Å². The highest BCUT2D eigenvalue weighted by molar-refractivity contribution is 5.92. The van der Waals surface area contributed by atoms with Gasteiger partial charge in [0.1, 0.15) is 11.3 Å². The maximum absolute atomic E-state index is 11.4. The fourth-order valence-electron chi connectivity index (χ4n) is 1.40. The van der Waals surface area contributed by atoms with Gasteiger partial charge in [-0.15, -0.1) is 0 Å². The van der Waals surface area contributed by atoms with Crippen LogP contribution in [0.4, 0.5) is 0 Å². The Morgan fingerprint density at radius 1 is 1.35 bits per heavy atom. The molecular weight excluding hydrogens is 224 g/mol. The number of rotatable bonds is 5. The Labute approximate surface area is 99.0 Å². The molecule has 1 aromatic carbocycles. The Morgan fingerprint density at radius 3 is 2.59 bits per heavy atom. The normalized spacial score (nSPS) is 9.76. The summed E-state index contributed by atoms with van der Waals surface area (Å²) < 4.78 is 9.90. The molecule has 17 heavy (non-hydrogen) atoms. The van der Waals surface area contributed by atoms with Gasteiger partial charge in [0, 0.05) is 0 Å². The molecule has 0 aromatic heterocycles. The van der Waals surface area contributed by atoms with Crippen molar-refractivity contribution in [3.8, 4) is 5.75 Å². The van der Waals surface area contributed by atoms with Crippen molar-refractivity contribution in [1.82, 2.24) is 0 Å². The molecule has 1 rings (SSSR count). The van der Waals surface area contributed by atoms with Crippen LogP contribution in [-0.4, -0.2) is 30.8 Å². The van der Waals surface area contributed by atoms with E-state index in [-0.39, 0.29) is 6.42 Å². The molecule has 0 amide bonds. The topological polar surface area (TPSA) is 72.8 Å². The number of hydrogen-bond acceptors (Lipinski definition) is 4. The molecule has 1 N–H and O–H groups in total. The van der Waals surface area contributed by atoms with Crippen LogP contribution in [0.3, 0.4) is 0 Å². The largest absolute Gasteiger partial charge is 0.493 e. The number of carboxylic acids is 1. The van der Waals surface area contributed by atoms with E-state index in [2.05, 4.69) is 4.74 Å². The Kier molecular flexibility index (Phi) is 4.51. The summed E-state index contributed by atoms with van der Waals surface area (Å²) in [5.74, 6) is -1.09. The average Bonchev–Trinajstić information content (AvgIpc) is 2.28. The summed E-state index contributed by atoms with van der Waals surface area (Å²) in [5, 5.41) is 8.68. The van der Waals surface area contributed by atoms with Crippen LogP contribution in [0.2, 0.25) is 0 Å². The molecule has 5 heteroatoms. The van der Waals surface area contributed by atoms with E-state index in [0.29, 0.717) is 23.5 Å². The molecule has 0 aliphatic rings. The lowest BCUT2D eigenvalue weighted by Crippen LogP contribution is -2.07. The molecule has 5 nitrogen and oxygen atoms in total. The van der Waals surface area contributed by atoms with E-state index in [9.17, 15) is 9.59 Å². The Bertz CT molecular complexity index is 425. The smallest absolute Gasteiger partial charge is 0.341 e. The summed E-state index contributed by atoms with van der Waals surface area (Å²) in [6, 6.07) is 4.63. The predicted octanol–water partition coefficient (Wildman–Crippen LogP) is 1.50. The first-order chi connectivity index (χ1) is 8.08. The molecule has 0 radical (unpaired) electrons. The summed E-state index contributed by atoms with van der Waals surface area (Å²) in [6.45, 7) is 2.17. The number of hydrogen-bond donors (Lipinski definition) is 1. The molecular formula is C12H14O5. The molecule has 0 spiro atoms. The fourth-order valence-corrected chi connectivity index (χ4v) is 1.40. The van der Waals surface area contributed by atoms with Gasteiger partial charge in [0.05, 0.1) is 20.1 Å². The van der Waals surface area contributed by atoms with Crippen molar-refractivity contribution in [2.45, 2.75) is 13.3 Å². The summed E-state index contributed by atoms with van der Waals surface area (Å²) in [7, 11) is 1.28. The second kappa shape index (κ2) is 5.89. The standard InChI is InChI=1S/C12H14O5/c1-3-17-10-6-8(7-11(13)14)4-5-9(10)12(15)16-2/h4-6H,3,7H2,1-2H3,(H,13,14). The van der Waals surface area contributed by atoms with Crippen molar-refractivity contribution in [2.75, 3.05) is 13.7 Å². The van der Waals surface area contributed by atoms with E-state index < -0.39 is 11.9 Å². The quantitative estimate of drug-likeness (QED) is 0.787. The van der Waals surface area contributed by atoms with Crippen LogP contribution in [-0.2, 0) is 16.0 Å². The van der Waals surface area contributed by atoms with Gasteiger partial charge < -0.3 is 14.6 Å². The van der Waals surface area contributed by atoms with E-state index >= 15 is 0 Å². The zero-order chi connectivity index (χ0) is 12.8. The lowest BCUT2D eigenvalue weighted by molar-refractivity contribution is -0.136. The van der Waals surface area contributed by atoms with Crippen molar-refractivity contribution in [1.29, 1.82) is 0 Å². The lowest BCUT2D eigenvalue weighted by atomic mass is 10.1. The van der Waals surface area contributed by atoms with Crippen molar-refractivity contribution in [2.24, 2.45) is 0 Å². The monoisotopic (exact) mass is 238 g/mol. The second-order valence-corrected chi connectivity index (χ2v) is 3.33. The van der Waals surface area contributed by atoms with Gasteiger partial charge in [0.2, 0.25) is 0 Å². The van der Waals surface area contributed by atoms with Crippen LogP contribution >= 0.6 is 0 Å². The zero-order valence-corrected chi connectivity index (χ0v) is 9.73. The third-order valence-electron chi connectivity index (χ3n) is 2.11. The number of ether oxygens (including phenoxy) is 2. The number of carbonyl (C=O) groups excluding carboxylic acids is 1. The van der Waals surface area contributed by atoms with Crippen LogP contribution in [0.15, 0.2) is 18.2 Å². The van der Waals surface area contributed by atoms with Crippen molar-refractivity contribution in [3.05, 3.63) is 29.3 Å². The molecule has 0 bridgehead atoms. The SMILES string of the molecule is CCOc1cc(CC(=O)O)ccc1C(=O)OC.